The molecule has 0 aromatic heterocycles. The first-order valence-corrected chi connectivity index (χ1v) is 7.84. The van der Waals surface area contributed by atoms with Gasteiger partial charge in [0.15, 0.2) is 0 Å². The van der Waals surface area contributed by atoms with Gasteiger partial charge in [0.25, 0.3) is 0 Å². The van der Waals surface area contributed by atoms with Crippen molar-refractivity contribution in [3.05, 3.63) is 0 Å². The Kier molecular flexibility index (Phi) is 5.26. The predicted octanol–water partition coefficient (Wildman–Crippen LogP) is 2.56. The maximum atomic E-state index is 11.6. The van der Waals surface area contributed by atoms with Crippen molar-refractivity contribution in [3.63, 3.8) is 0 Å². The van der Waals surface area contributed by atoms with E-state index in [1.54, 1.807) is 11.9 Å². The van der Waals surface area contributed by atoms with E-state index in [0.29, 0.717) is 13.1 Å². The van der Waals surface area contributed by atoms with Gasteiger partial charge in [0.1, 0.15) is 6.04 Å². The highest BCUT2D eigenvalue weighted by molar-refractivity contribution is 5.90. The van der Waals surface area contributed by atoms with Crippen molar-refractivity contribution in [1.82, 2.24) is 9.80 Å². The molecular formula is C15H26N2O3. The van der Waals surface area contributed by atoms with E-state index in [2.05, 4.69) is 0 Å². The lowest BCUT2D eigenvalue weighted by Crippen LogP contribution is -2.63. The van der Waals surface area contributed by atoms with Crippen LogP contribution in [-0.2, 0) is 4.79 Å². The molecule has 1 heterocycles. The highest BCUT2D eigenvalue weighted by Crippen LogP contribution is 2.27. The summed E-state index contributed by atoms with van der Waals surface area (Å²) in [6.07, 6.45) is 8.97. The van der Waals surface area contributed by atoms with Crippen molar-refractivity contribution >= 4 is 12.0 Å². The number of carbonyl (C=O) groups excluding carboxylic acids is 1. The number of likely N-dealkylation sites (N-methyl/N-ethyl adjacent to an activating group) is 1. The number of nitrogens with zero attached hydrogens (tertiary/aromatic N) is 2. The molecule has 1 N–H and O–H groups in total. The van der Waals surface area contributed by atoms with E-state index >= 15 is 0 Å². The second kappa shape index (κ2) is 6.95. The van der Waals surface area contributed by atoms with Crippen LogP contribution in [0, 0.1) is 5.92 Å². The summed E-state index contributed by atoms with van der Waals surface area (Å²) >= 11 is 0. The standard InChI is InChI=1S/C15H26N2O3/c1-16-11-13(14(16)18)17(15(19)20)10-6-5-9-12-7-3-2-4-8-12/h12-13H,2-11H2,1H3,(H,19,20)/t13-/m0/s1. The molecule has 0 unspecified atom stereocenters. The van der Waals surface area contributed by atoms with Crippen LogP contribution in [0.15, 0.2) is 0 Å². The van der Waals surface area contributed by atoms with Crippen LogP contribution in [0.3, 0.4) is 0 Å². The maximum Gasteiger partial charge on any atom is 0.408 e. The maximum absolute atomic E-state index is 11.6. The Bertz CT molecular complexity index is 353. The van der Waals surface area contributed by atoms with Crippen molar-refractivity contribution in [2.75, 3.05) is 20.1 Å². The van der Waals surface area contributed by atoms with Gasteiger partial charge in [-0.2, -0.15) is 0 Å². The first-order valence-electron chi connectivity index (χ1n) is 7.84. The van der Waals surface area contributed by atoms with Gasteiger partial charge in [0.05, 0.1) is 0 Å². The monoisotopic (exact) mass is 282 g/mol. The summed E-state index contributed by atoms with van der Waals surface area (Å²) in [7, 11) is 1.71. The summed E-state index contributed by atoms with van der Waals surface area (Å²) in [6, 6.07) is -0.438. The minimum absolute atomic E-state index is 0.0697. The van der Waals surface area contributed by atoms with Crippen molar-refractivity contribution < 1.29 is 14.7 Å². The summed E-state index contributed by atoms with van der Waals surface area (Å²) in [5.74, 6) is 0.776. The van der Waals surface area contributed by atoms with Gasteiger partial charge >= 0.3 is 6.09 Å². The van der Waals surface area contributed by atoms with E-state index < -0.39 is 12.1 Å². The van der Waals surface area contributed by atoms with Crippen molar-refractivity contribution in [1.29, 1.82) is 0 Å². The highest BCUT2D eigenvalue weighted by atomic mass is 16.4. The van der Waals surface area contributed by atoms with Crippen LogP contribution in [0.25, 0.3) is 0 Å². The van der Waals surface area contributed by atoms with Crippen LogP contribution in [0.5, 0.6) is 0 Å². The lowest BCUT2D eigenvalue weighted by molar-refractivity contribution is -0.146. The highest BCUT2D eigenvalue weighted by Gasteiger charge is 2.40. The number of carbonyl (C=O) groups is 2. The van der Waals surface area contributed by atoms with Crippen LogP contribution in [0.1, 0.15) is 51.4 Å². The molecule has 0 aromatic carbocycles. The third kappa shape index (κ3) is 3.64. The Labute approximate surface area is 120 Å². The molecule has 1 saturated heterocycles. The Morgan fingerprint density at radius 3 is 2.55 bits per heavy atom. The minimum atomic E-state index is -0.964. The molecule has 1 aliphatic carbocycles. The largest absolute Gasteiger partial charge is 0.465 e. The number of β-lactam (4-membered cyclic amide) rings is 1. The van der Waals surface area contributed by atoms with Gasteiger partial charge in [0, 0.05) is 20.1 Å². The van der Waals surface area contributed by atoms with Gasteiger partial charge in [0.2, 0.25) is 5.91 Å². The average molecular weight is 282 g/mol. The van der Waals surface area contributed by atoms with Crippen LogP contribution in [-0.4, -0.2) is 53.1 Å². The van der Waals surface area contributed by atoms with Gasteiger partial charge in [-0.1, -0.05) is 44.9 Å². The molecular weight excluding hydrogens is 256 g/mol. The molecule has 20 heavy (non-hydrogen) atoms. The summed E-state index contributed by atoms with van der Waals surface area (Å²) in [5, 5.41) is 9.22. The van der Waals surface area contributed by atoms with E-state index in [1.807, 2.05) is 0 Å². The number of unbranched alkanes of at least 4 members (excludes halogenated alkanes) is 1. The summed E-state index contributed by atoms with van der Waals surface area (Å²) in [4.78, 5) is 25.7. The quantitative estimate of drug-likeness (QED) is 0.601. The normalized spacial score (nSPS) is 23.6. The fraction of sp³-hybridized carbons (Fsp3) is 0.867. The molecule has 2 aliphatic rings. The molecule has 1 atom stereocenters. The molecule has 0 aromatic rings. The van der Waals surface area contributed by atoms with Gasteiger partial charge < -0.3 is 10.0 Å². The topological polar surface area (TPSA) is 60.9 Å². The van der Waals surface area contributed by atoms with Crippen LogP contribution in [0.4, 0.5) is 4.79 Å². The van der Waals surface area contributed by atoms with Crippen LogP contribution in [0.2, 0.25) is 0 Å². The zero-order valence-electron chi connectivity index (χ0n) is 12.4. The molecule has 2 fully saturated rings. The number of likely N-dealkylation sites (tertiary alicyclic amines) is 1. The van der Waals surface area contributed by atoms with Crippen molar-refractivity contribution in [3.8, 4) is 0 Å². The predicted molar refractivity (Wildman–Crippen MR) is 76.6 cm³/mol. The van der Waals surface area contributed by atoms with E-state index in [0.717, 1.165) is 18.8 Å². The minimum Gasteiger partial charge on any atom is -0.465 e. The molecule has 1 aliphatic heterocycles. The smallest absolute Gasteiger partial charge is 0.408 e. The molecule has 2 rings (SSSR count). The van der Waals surface area contributed by atoms with E-state index in [9.17, 15) is 14.7 Å². The Hall–Kier alpha value is -1.26. The SMILES string of the molecule is CN1C[C@H](N(CCCCC2CCCCC2)C(=O)O)C1=O. The Morgan fingerprint density at radius 2 is 2.00 bits per heavy atom. The first-order chi connectivity index (χ1) is 9.59. The zero-order valence-corrected chi connectivity index (χ0v) is 12.4. The fourth-order valence-electron chi connectivity index (χ4n) is 3.38. The number of amides is 2. The van der Waals surface area contributed by atoms with E-state index in [-0.39, 0.29) is 5.91 Å². The van der Waals surface area contributed by atoms with E-state index in [1.165, 1.54) is 43.4 Å². The molecule has 114 valence electrons. The Morgan fingerprint density at radius 1 is 1.30 bits per heavy atom. The Balaban J connectivity index is 1.67. The molecule has 0 spiro atoms. The zero-order chi connectivity index (χ0) is 14.5. The van der Waals surface area contributed by atoms with Gasteiger partial charge in [-0.3, -0.25) is 9.69 Å². The lowest BCUT2D eigenvalue weighted by Gasteiger charge is -2.41. The third-order valence-electron chi connectivity index (χ3n) is 4.72. The number of rotatable bonds is 6. The molecule has 2 amide bonds. The second-order valence-electron chi connectivity index (χ2n) is 6.21. The number of hydrogen-bond acceptors (Lipinski definition) is 2. The van der Waals surface area contributed by atoms with Crippen LogP contribution >= 0.6 is 0 Å². The van der Waals surface area contributed by atoms with Crippen LogP contribution < -0.4 is 0 Å². The summed E-state index contributed by atoms with van der Waals surface area (Å²) in [5.41, 5.74) is 0. The number of hydrogen-bond donors (Lipinski definition) is 1. The molecule has 5 heteroatoms. The molecule has 1 saturated carbocycles. The van der Waals surface area contributed by atoms with Gasteiger partial charge in [-0.25, -0.2) is 4.79 Å². The van der Waals surface area contributed by atoms with Crippen molar-refractivity contribution in [2.45, 2.75) is 57.4 Å². The fourth-order valence-corrected chi connectivity index (χ4v) is 3.38. The number of carboxylic acid groups (broad SMARTS) is 1. The van der Waals surface area contributed by atoms with Crippen molar-refractivity contribution in [2.24, 2.45) is 5.92 Å². The molecule has 0 radical (unpaired) electrons. The summed E-state index contributed by atoms with van der Waals surface area (Å²) < 4.78 is 0. The average Bonchev–Trinajstić information content (AvgIpc) is 2.46. The third-order valence-corrected chi connectivity index (χ3v) is 4.72. The summed E-state index contributed by atoms with van der Waals surface area (Å²) in [6.45, 7) is 1.03. The lowest BCUT2D eigenvalue weighted by atomic mass is 9.86. The molecule has 5 nitrogen and oxygen atoms in total. The van der Waals surface area contributed by atoms with E-state index in [4.69, 9.17) is 0 Å². The van der Waals surface area contributed by atoms with Gasteiger partial charge in [-0.15, -0.1) is 0 Å². The molecule has 0 bridgehead atoms. The first kappa shape index (κ1) is 15.1. The second-order valence-corrected chi connectivity index (χ2v) is 6.21. The van der Waals surface area contributed by atoms with Gasteiger partial charge in [-0.05, 0) is 12.3 Å².